The van der Waals surface area contributed by atoms with Crippen LogP contribution in [0, 0.1) is 0 Å². The molecule has 1 atom stereocenters. The van der Waals surface area contributed by atoms with E-state index >= 15 is 0 Å². The molecule has 7 nitrogen and oxygen atoms in total. The van der Waals surface area contributed by atoms with Gasteiger partial charge in [-0.1, -0.05) is 12.5 Å². The number of amides is 1. The Balaban J connectivity index is 1.55. The molecule has 1 unspecified atom stereocenters. The van der Waals surface area contributed by atoms with Crippen LogP contribution < -0.4 is 5.32 Å². The second kappa shape index (κ2) is 10.1. The number of nitrogens with one attached hydrogen (secondary N) is 1. The van der Waals surface area contributed by atoms with Crippen LogP contribution in [-0.2, 0) is 21.2 Å². The zero-order valence-corrected chi connectivity index (χ0v) is 18.4. The number of hydrogen-bond donors (Lipinski definition) is 1. The van der Waals surface area contributed by atoms with Crippen LogP contribution in [0.1, 0.15) is 31.9 Å². The molecule has 8 heteroatoms. The van der Waals surface area contributed by atoms with Crippen molar-refractivity contribution in [2.45, 2.75) is 43.5 Å². The van der Waals surface area contributed by atoms with Crippen LogP contribution in [0.5, 0.6) is 0 Å². The molecule has 162 valence electrons. The zero-order valence-electron chi connectivity index (χ0n) is 17.6. The molecule has 3 rings (SSSR count). The minimum absolute atomic E-state index is 0.134. The van der Waals surface area contributed by atoms with Crippen molar-refractivity contribution >= 4 is 21.6 Å². The largest absolute Gasteiger partial charge is 0.325 e. The van der Waals surface area contributed by atoms with Crippen molar-refractivity contribution in [1.82, 2.24) is 14.2 Å². The Labute approximate surface area is 179 Å². The monoisotopic (exact) mass is 430 g/mol. The number of sulfonamides is 1. The first-order chi connectivity index (χ1) is 14.4. The summed E-state index contributed by atoms with van der Waals surface area (Å²) in [7, 11) is -1.56. The van der Waals surface area contributed by atoms with Gasteiger partial charge in [0, 0.05) is 43.6 Å². The van der Waals surface area contributed by atoms with E-state index in [1.54, 1.807) is 34.8 Å². The molecule has 1 N–H and O–H groups in total. The molecular weight excluding hydrogens is 400 g/mol. The third-order valence-electron chi connectivity index (χ3n) is 5.56. The first kappa shape index (κ1) is 22.4. The van der Waals surface area contributed by atoms with Crippen LogP contribution >= 0.6 is 0 Å². The summed E-state index contributed by atoms with van der Waals surface area (Å²) in [6, 6.07) is 11.9. The van der Waals surface area contributed by atoms with E-state index in [1.165, 1.54) is 0 Å². The van der Waals surface area contributed by atoms with Crippen molar-refractivity contribution in [2.75, 3.05) is 32.0 Å². The molecule has 0 bridgehead atoms. The molecule has 2 heterocycles. The first-order valence-corrected chi connectivity index (χ1v) is 11.8. The molecule has 2 aromatic rings. The van der Waals surface area contributed by atoms with Gasteiger partial charge in [0.1, 0.15) is 0 Å². The molecule has 1 aromatic heterocycles. The lowest BCUT2D eigenvalue weighted by Crippen LogP contribution is -2.40. The van der Waals surface area contributed by atoms with Crippen LogP contribution in [0.4, 0.5) is 5.69 Å². The Morgan fingerprint density at radius 1 is 1.13 bits per heavy atom. The standard InChI is InChI=1S/C22H30N4O3S/c1-18(25(2)17-13-19-8-4-5-14-23-19)22(27)24-20-9-11-21(12-10-20)30(28,29)26-15-6-3-7-16-26/h4-5,8-12,14,18H,3,6-7,13,15-17H2,1-2H3,(H,24,27). The fourth-order valence-corrected chi connectivity index (χ4v) is 4.96. The van der Waals surface area contributed by atoms with Gasteiger partial charge < -0.3 is 5.32 Å². The number of hydrogen-bond acceptors (Lipinski definition) is 5. The normalized spacial score (nSPS) is 16.4. The topological polar surface area (TPSA) is 82.6 Å². The third-order valence-corrected chi connectivity index (χ3v) is 7.47. The van der Waals surface area contributed by atoms with Crippen molar-refractivity contribution in [3.63, 3.8) is 0 Å². The van der Waals surface area contributed by atoms with E-state index in [4.69, 9.17) is 0 Å². The van der Waals surface area contributed by atoms with E-state index in [0.29, 0.717) is 25.3 Å². The minimum atomic E-state index is -3.46. The fraction of sp³-hybridized carbons (Fsp3) is 0.455. The maximum Gasteiger partial charge on any atom is 0.243 e. The number of benzene rings is 1. The summed E-state index contributed by atoms with van der Waals surface area (Å²) in [5.41, 5.74) is 1.57. The van der Waals surface area contributed by atoms with Gasteiger partial charge in [0.05, 0.1) is 10.9 Å². The summed E-state index contributed by atoms with van der Waals surface area (Å²) in [6.45, 7) is 3.70. The second-order valence-electron chi connectivity index (χ2n) is 7.71. The highest BCUT2D eigenvalue weighted by molar-refractivity contribution is 7.89. The minimum Gasteiger partial charge on any atom is -0.325 e. The Bertz CT molecular complexity index is 927. The first-order valence-electron chi connectivity index (χ1n) is 10.4. The molecular formula is C22H30N4O3S. The molecule has 1 fully saturated rings. The maximum atomic E-state index is 12.7. The van der Waals surface area contributed by atoms with Crippen molar-refractivity contribution in [3.05, 3.63) is 54.4 Å². The third kappa shape index (κ3) is 5.65. The summed E-state index contributed by atoms with van der Waals surface area (Å²) in [5, 5.41) is 2.87. The zero-order chi connectivity index (χ0) is 21.6. The van der Waals surface area contributed by atoms with Gasteiger partial charge in [0.15, 0.2) is 0 Å². The van der Waals surface area contributed by atoms with E-state index in [9.17, 15) is 13.2 Å². The molecule has 1 aromatic carbocycles. The van der Waals surface area contributed by atoms with Crippen molar-refractivity contribution < 1.29 is 13.2 Å². The molecule has 0 saturated carbocycles. The number of pyridine rings is 1. The number of likely N-dealkylation sites (N-methyl/N-ethyl adjacent to an activating group) is 1. The van der Waals surface area contributed by atoms with Crippen LogP contribution in [0.25, 0.3) is 0 Å². The highest BCUT2D eigenvalue weighted by Gasteiger charge is 2.26. The molecule has 0 radical (unpaired) electrons. The Hall–Kier alpha value is -2.29. The van der Waals surface area contributed by atoms with Crippen LogP contribution in [0.3, 0.4) is 0 Å². The van der Waals surface area contributed by atoms with E-state index in [0.717, 1.165) is 31.4 Å². The predicted octanol–water partition coefficient (Wildman–Crippen LogP) is 2.76. The van der Waals surface area contributed by atoms with Gasteiger partial charge in [0.2, 0.25) is 15.9 Å². The van der Waals surface area contributed by atoms with E-state index in [2.05, 4.69) is 10.3 Å². The molecule has 1 amide bonds. The molecule has 0 aliphatic carbocycles. The van der Waals surface area contributed by atoms with Crippen molar-refractivity contribution in [1.29, 1.82) is 0 Å². The van der Waals surface area contributed by atoms with Crippen molar-refractivity contribution in [3.8, 4) is 0 Å². The number of aromatic nitrogens is 1. The lowest BCUT2D eigenvalue weighted by Gasteiger charge is -2.26. The SMILES string of the molecule is CC(C(=O)Nc1ccc(S(=O)(=O)N2CCCCC2)cc1)N(C)CCc1ccccn1. The Morgan fingerprint density at radius 2 is 1.83 bits per heavy atom. The van der Waals surface area contributed by atoms with Crippen LogP contribution in [0.15, 0.2) is 53.6 Å². The van der Waals surface area contributed by atoms with Gasteiger partial charge in [-0.2, -0.15) is 4.31 Å². The summed E-state index contributed by atoms with van der Waals surface area (Å²) in [4.78, 5) is 19.1. The average Bonchev–Trinajstić information content (AvgIpc) is 2.78. The molecule has 1 aliphatic heterocycles. The Kier molecular flexibility index (Phi) is 7.58. The van der Waals surface area contributed by atoms with E-state index in [1.807, 2.05) is 37.1 Å². The summed E-state index contributed by atoms with van der Waals surface area (Å²) in [6.07, 6.45) is 5.41. The van der Waals surface area contributed by atoms with Gasteiger partial charge in [0.25, 0.3) is 0 Å². The predicted molar refractivity (Wildman–Crippen MR) is 118 cm³/mol. The maximum absolute atomic E-state index is 12.7. The summed E-state index contributed by atoms with van der Waals surface area (Å²) >= 11 is 0. The van der Waals surface area contributed by atoms with Crippen LogP contribution in [-0.4, -0.2) is 61.2 Å². The average molecular weight is 431 g/mol. The van der Waals surface area contributed by atoms with E-state index in [-0.39, 0.29) is 16.8 Å². The molecule has 30 heavy (non-hydrogen) atoms. The number of nitrogens with zero attached hydrogens (tertiary/aromatic N) is 3. The molecule has 0 spiro atoms. The molecule has 1 saturated heterocycles. The number of carbonyl (C=O) groups is 1. The number of anilines is 1. The fourth-order valence-electron chi connectivity index (χ4n) is 3.44. The Morgan fingerprint density at radius 3 is 2.47 bits per heavy atom. The summed E-state index contributed by atoms with van der Waals surface area (Å²) < 4.78 is 27.0. The number of rotatable bonds is 8. The van der Waals surface area contributed by atoms with Gasteiger partial charge in [-0.3, -0.25) is 14.7 Å². The van der Waals surface area contributed by atoms with Gasteiger partial charge in [-0.15, -0.1) is 0 Å². The molecule has 1 aliphatic rings. The lowest BCUT2D eigenvalue weighted by molar-refractivity contribution is -0.120. The number of carbonyl (C=O) groups excluding carboxylic acids is 1. The lowest BCUT2D eigenvalue weighted by atomic mass is 10.2. The summed E-state index contributed by atoms with van der Waals surface area (Å²) in [5.74, 6) is -0.134. The number of piperidine rings is 1. The van der Waals surface area contributed by atoms with Crippen molar-refractivity contribution in [2.24, 2.45) is 0 Å². The highest BCUT2D eigenvalue weighted by Crippen LogP contribution is 2.22. The van der Waals surface area contributed by atoms with Gasteiger partial charge in [-0.25, -0.2) is 8.42 Å². The quantitative estimate of drug-likeness (QED) is 0.696. The smallest absolute Gasteiger partial charge is 0.243 e. The van der Waals surface area contributed by atoms with Crippen LogP contribution in [0.2, 0.25) is 0 Å². The van der Waals surface area contributed by atoms with E-state index < -0.39 is 10.0 Å². The second-order valence-corrected chi connectivity index (χ2v) is 9.64. The highest BCUT2D eigenvalue weighted by atomic mass is 32.2. The van der Waals surface area contributed by atoms with Gasteiger partial charge >= 0.3 is 0 Å². The van der Waals surface area contributed by atoms with Gasteiger partial charge in [-0.05, 0) is 63.2 Å².